The predicted molar refractivity (Wildman–Crippen MR) is 55.9 cm³/mol. The largest absolute Gasteiger partial charge is 0.349 e. The summed E-state index contributed by atoms with van der Waals surface area (Å²) in [7, 11) is 0. The fourth-order valence-electron chi connectivity index (χ4n) is 1.74. The number of allylic oxidation sites excluding steroid dienone is 1. The lowest BCUT2D eigenvalue weighted by Gasteiger charge is -2.23. The van der Waals surface area contributed by atoms with Crippen molar-refractivity contribution < 1.29 is 4.79 Å². The number of nitrogens with one attached hydrogen (secondary N) is 2. The summed E-state index contributed by atoms with van der Waals surface area (Å²) >= 11 is 0. The molecule has 2 fully saturated rings. The average Bonchev–Trinajstić information content (AvgIpc) is 3.00. The Morgan fingerprint density at radius 3 is 2.86 bits per heavy atom. The van der Waals surface area contributed by atoms with Crippen LogP contribution in [0.4, 0.5) is 0 Å². The molecule has 1 amide bonds. The average molecular weight is 194 g/mol. The van der Waals surface area contributed by atoms with Gasteiger partial charge in [0.1, 0.15) is 0 Å². The van der Waals surface area contributed by atoms with Gasteiger partial charge in [0, 0.05) is 12.6 Å². The summed E-state index contributed by atoms with van der Waals surface area (Å²) in [5, 5.41) is 6.29. The van der Waals surface area contributed by atoms with E-state index in [4.69, 9.17) is 0 Å². The topological polar surface area (TPSA) is 41.1 Å². The molecule has 1 heterocycles. The van der Waals surface area contributed by atoms with Crippen LogP contribution in [0.15, 0.2) is 12.2 Å². The van der Waals surface area contributed by atoms with Crippen LogP contribution in [-0.2, 0) is 4.79 Å². The first-order valence-electron chi connectivity index (χ1n) is 5.54. The molecule has 0 unspecified atom stereocenters. The summed E-state index contributed by atoms with van der Waals surface area (Å²) in [6, 6.07) is 0.333. The standard InChI is InChI=1S/C11H18N2O/c14-11(6-5-9-3-4-9)13-10-2-1-7-12-8-10/h5-6,9-10,12H,1-4,7-8H2,(H,13,14)/b6-5+/t10-/m0/s1. The van der Waals surface area contributed by atoms with Crippen molar-refractivity contribution in [3.63, 3.8) is 0 Å². The molecule has 2 aliphatic rings. The molecule has 0 bridgehead atoms. The van der Waals surface area contributed by atoms with Crippen LogP contribution in [0.3, 0.4) is 0 Å². The third-order valence-corrected chi connectivity index (χ3v) is 2.79. The van der Waals surface area contributed by atoms with Crippen LogP contribution >= 0.6 is 0 Å². The van der Waals surface area contributed by atoms with E-state index in [1.165, 1.54) is 12.8 Å². The zero-order valence-corrected chi connectivity index (χ0v) is 8.46. The molecule has 78 valence electrons. The van der Waals surface area contributed by atoms with E-state index in [1.54, 1.807) is 6.08 Å². The number of amides is 1. The molecular weight excluding hydrogens is 176 g/mol. The van der Waals surface area contributed by atoms with Gasteiger partial charge in [-0.1, -0.05) is 6.08 Å². The minimum absolute atomic E-state index is 0.0746. The third-order valence-electron chi connectivity index (χ3n) is 2.79. The first-order chi connectivity index (χ1) is 6.84. The lowest BCUT2D eigenvalue weighted by Crippen LogP contribution is -2.45. The maximum atomic E-state index is 11.4. The molecule has 2 rings (SSSR count). The smallest absolute Gasteiger partial charge is 0.243 e. The number of piperidine rings is 1. The Morgan fingerprint density at radius 1 is 1.36 bits per heavy atom. The van der Waals surface area contributed by atoms with Gasteiger partial charge in [-0.15, -0.1) is 0 Å². The fourth-order valence-corrected chi connectivity index (χ4v) is 1.74. The van der Waals surface area contributed by atoms with E-state index in [2.05, 4.69) is 10.6 Å². The molecule has 3 heteroatoms. The SMILES string of the molecule is O=C(/C=C/C1CC1)N[C@H]1CCCNC1. The molecule has 14 heavy (non-hydrogen) atoms. The van der Waals surface area contributed by atoms with E-state index < -0.39 is 0 Å². The minimum atomic E-state index is 0.0746. The molecule has 0 aromatic rings. The number of hydrogen-bond acceptors (Lipinski definition) is 2. The van der Waals surface area contributed by atoms with E-state index in [-0.39, 0.29) is 5.91 Å². The maximum absolute atomic E-state index is 11.4. The van der Waals surface area contributed by atoms with Crippen LogP contribution in [-0.4, -0.2) is 25.0 Å². The lowest BCUT2D eigenvalue weighted by molar-refractivity contribution is -0.117. The maximum Gasteiger partial charge on any atom is 0.243 e. The lowest BCUT2D eigenvalue weighted by atomic mass is 10.1. The summed E-state index contributed by atoms with van der Waals surface area (Å²) in [6.45, 7) is 2.01. The zero-order chi connectivity index (χ0) is 9.80. The van der Waals surface area contributed by atoms with Gasteiger partial charge in [-0.25, -0.2) is 0 Å². The molecule has 0 spiro atoms. The first kappa shape index (κ1) is 9.71. The summed E-state index contributed by atoms with van der Waals surface area (Å²) in [5.41, 5.74) is 0. The Bertz CT molecular complexity index is 227. The molecule has 1 aliphatic carbocycles. The van der Waals surface area contributed by atoms with Crippen molar-refractivity contribution in [2.75, 3.05) is 13.1 Å². The summed E-state index contributed by atoms with van der Waals surface area (Å²) < 4.78 is 0. The highest BCUT2D eigenvalue weighted by Gasteiger charge is 2.18. The molecule has 0 aromatic heterocycles. The van der Waals surface area contributed by atoms with E-state index in [1.807, 2.05) is 6.08 Å². The van der Waals surface area contributed by atoms with Crippen LogP contribution in [0.25, 0.3) is 0 Å². The van der Waals surface area contributed by atoms with Crippen molar-refractivity contribution in [3.05, 3.63) is 12.2 Å². The van der Waals surface area contributed by atoms with Gasteiger partial charge >= 0.3 is 0 Å². The van der Waals surface area contributed by atoms with E-state index >= 15 is 0 Å². The van der Waals surface area contributed by atoms with Crippen LogP contribution in [0, 0.1) is 5.92 Å². The van der Waals surface area contributed by atoms with Gasteiger partial charge < -0.3 is 10.6 Å². The van der Waals surface area contributed by atoms with Crippen molar-refractivity contribution in [2.24, 2.45) is 5.92 Å². The van der Waals surface area contributed by atoms with Crippen LogP contribution < -0.4 is 10.6 Å². The van der Waals surface area contributed by atoms with E-state index in [0.29, 0.717) is 12.0 Å². The van der Waals surface area contributed by atoms with Gasteiger partial charge in [0.25, 0.3) is 0 Å². The van der Waals surface area contributed by atoms with Gasteiger partial charge in [0.2, 0.25) is 5.91 Å². The Hall–Kier alpha value is -0.830. The Kier molecular flexibility index (Phi) is 3.19. The summed E-state index contributed by atoms with van der Waals surface area (Å²) in [4.78, 5) is 11.4. The monoisotopic (exact) mass is 194 g/mol. The van der Waals surface area contributed by atoms with Crippen molar-refractivity contribution in [1.82, 2.24) is 10.6 Å². The molecule has 0 aromatic carbocycles. The molecule has 1 saturated heterocycles. The van der Waals surface area contributed by atoms with E-state index in [0.717, 1.165) is 25.9 Å². The number of carbonyl (C=O) groups is 1. The second-order valence-electron chi connectivity index (χ2n) is 4.25. The Balaban J connectivity index is 1.69. The summed E-state index contributed by atoms with van der Waals surface area (Å²) in [6.07, 6.45) is 8.52. The molecule has 3 nitrogen and oxygen atoms in total. The van der Waals surface area contributed by atoms with Gasteiger partial charge in [0.05, 0.1) is 0 Å². The van der Waals surface area contributed by atoms with Crippen molar-refractivity contribution in [1.29, 1.82) is 0 Å². The summed E-state index contributed by atoms with van der Waals surface area (Å²) in [5.74, 6) is 0.760. The number of rotatable bonds is 3. The van der Waals surface area contributed by atoms with Gasteiger partial charge in [-0.2, -0.15) is 0 Å². The van der Waals surface area contributed by atoms with Crippen LogP contribution in [0.1, 0.15) is 25.7 Å². The van der Waals surface area contributed by atoms with E-state index in [9.17, 15) is 4.79 Å². The Labute approximate surface area is 84.9 Å². The van der Waals surface area contributed by atoms with Crippen LogP contribution in [0.5, 0.6) is 0 Å². The molecule has 1 saturated carbocycles. The highest BCUT2D eigenvalue weighted by Crippen LogP contribution is 2.29. The van der Waals surface area contributed by atoms with Crippen molar-refractivity contribution in [2.45, 2.75) is 31.7 Å². The third kappa shape index (κ3) is 3.14. The first-order valence-corrected chi connectivity index (χ1v) is 5.54. The van der Waals surface area contributed by atoms with Gasteiger partial charge in [0.15, 0.2) is 0 Å². The van der Waals surface area contributed by atoms with Gasteiger partial charge in [-0.3, -0.25) is 4.79 Å². The van der Waals surface area contributed by atoms with Gasteiger partial charge in [-0.05, 0) is 44.2 Å². The quantitative estimate of drug-likeness (QED) is 0.653. The molecule has 0 radical (unpaired) electrons. The predicted octanol–water partition coefficient (Wildman–Crippen LogP) is 0.821. The van der Waals surface area contributed by atoms with Crippen LogP contribution in [0.2, 0.25) is 0 Å². The van der Waals surface area contributed by atoms with Crippen molar-refractivity contribution in [3.8, 4) is 0 Å². The fraction of sp³-hybridized carbons (Fsp3) is 0.727. The highest BCUT2D eigenvalue weighted by atomic mass is 16.1. The highest BCUT2D eigenvalue weighted by molar-refractivity contribution is 5.87. The second-order valence-corrected chi connectivity index (χ2v) is 4.25. The minimum Gasteiger partial charge on any atom is -0.349 e. The second kappa shape index (κ2) is 4.60. The Morgan fingerprint density at radius 2 is 2.21 bits per heavy atom. The molecule has 1 aliphatic heterocycles. The molecular formula is C11H18N2O. The zero-order valence-electron chi connectivity index (χ0n) is 8.46. The normalized spacial score (nSPS) is 27.9. The number of hydrogen-bond donors (Lipinski definition) is 2. The molecule has 1 atom stereocenters. The number of carbonyl (C=O) groups excluding carboxylic acids is 1. The molecule has 2 N–H and O–H groups in total. The van der Waals surface area contributed by atoms with Crippen molar-refractivity contribution >= 4 is 5.91 Å².